The van der Waals surface area contributed by atoms with Gasteiger partial charge in [0, 0.05) is 12.2 Å². The molecule has 0 saturated carbocycles. The molecule has 1 amide bonds. The molecular weight excluding hydrogens is 374 g/mol. The zero-order chi connectivity index (χ0) is 20.1. The highest BCUT2D eigenvalue weighted by Crippen LogP contribution is 2.27. The second-order valence-corrected chi connectivity index (χ2v) is 8.83. The van der Waals surface area contributed by atoms with Gasteiger partial charge in [-0.2, -0.15) is 0 Å². The number of amides is 1. The molecule has 1 N–H and O–H groups in total. The lowest BCUT2D eigenvalue weighted by atomic mass is 10.0. The highest BCUT2D eigenvalue weighted by Gasteiger charge is 2.29. The Kier molecular flexibility index (Phi) is 6.36. The fourth-order valence-corrected chi connectivity index (χ4v) is 5.17. The van der Waals surface area contributed by atoms with Gasteiger partial charge in [-0.25, -0.2) is 8.42 Å². The van der Waals surface area contributed by atoms with Crippen molar-refractivity contribution in [3.63, 3.8) is 0 Å². The predicted molar refractivity (Wildman–Crippen MR) is 113 cm³/mol. The first-order valence-corrected chi connectivity index (χ1v) is 11.3. The maximum Gasteiger partial charge on any atom is 0.246 e. The lowest BCUT2D eigenvalue weighted by Gasteiger charge is -2.29. The molecule has 2 aromatic rings. The van der Waals surface area contributed by atoms with E-state index in [4.69, 9.17) is 0 Å². The number of sulfonamides is 1. The smallest absolute Gasteiger partial charge is 0.246 e. The standard InChI is InChI=1S/C21H27N3O3S/c1-3-23(4-2)20(17-9-6-5-7-10-17)21(25)22-18-11-13-19(14-12-18)24-15-8-16-28(24,26)27/h5-7,9-14,20H,3-4,8,15-16H2,1-2H3,(H,22,25). The Labute approximate surface area is 167 Å². The topological polar surface area (TPSA) is 69.7 Å². The molecular formula is C21H27N3O3S. The number of rotatable bonds is 7. The third-order valence-corrected chi connectivity index (χ3v) is 6.93. The Morgan fingerprint density at radius 2 is 1.71 bits per heavy atom. The molecule has 1 atom stereocenters. The zero-order valence-electron chi connectivity index (χ0n) is 16.3. The van der Waals surface area contributed by atoms with Crippen molar-refractivity contribution in [1.29, 1.82) is 0 Å². The van der Waals surface area contributed by atoms with E-state index >= 15 is 0 Å². The first kappa shape index (κ1) is 20.4. The molecule has 0 bridgehead atoms. The number of carbonyl (C=O) groups excluding carboxylic acids is 1. The fourth-order valence-electron chi connectivity index (χ4n) is 3.60. The average molecular weight is 402 g/mol. The fraction of sp³-hybridized carbons (Fsp3) is 0.381. The molecule has 0 aliphatic carbocycles. The summed E-state index contributed by atoms with van der Waals surface area (Å²) in [6.07, 6.45) is 0.642. The van der Waals surface area contributed by atoms with Crippen LogP contribution in [0.2, 0.25) is 0 Å². The summed E-state index contributed by atoms with van der Waals surface area (Å²) >= 11 is 0. The van der Waals surface area contributed by atoms with E-state index in [2.05, 4.69) is 10.2 Å². The SMILES string of the molecule is CCN(CC)C(C(=O)Nc1ccc(N2CCCS2(=O)=O)cc1)c1ccccc1. The molecule has 1 unspecified atom stereocenters. The average Bonchev–Trinajstić information content (AvgIpc) is 3.06. The van der Waals surface area contributed by atoms with E-state index in [0.717, 1.165) is 18.7 Å². The highest BCUT2D eigenvalue weighted by molar-refractivity contribution is 7.93. The summed E-state index contributed by atoms with van der Waals surface area (Å²) in [5, 5.41) is 2.98. The van der Waals surface area contributed by atoms with E-state index in [-0.39, 0.29) is 17.7 Å². The Bertz CT molecular complexity index is 894. The van der Waals surface area contributed by atoms with Crippen molar-refractivity contribution in [1.82, 2.24) is 4.90 Å². The minimum Gasteiger partial charge on any atom is -0.324 e. The number of nitrogens with zero attached hydrogens (tertiary/aromatic N) is 2. The number of carbonyl (C=O) groups is 1. The molecule has 2 aromatic carbocycles. The van der Waals surface area contributed by atoms with E-state index < -0.39 is 10.0 Å². The van der Waals surface area contributed by atoms with Crippen molar-refractivity contribution < 1.29 is 13.2 Å². The zero-order valence-corrected chi connectivity index (χ0v) is 17.2. The van der Waals surface area contributed by atoms with Gasteiger partial charge >= 0.3 is 0 Å². The van der Waals surface area contributed by atoms with Crippen LogP contribution in [0.25, 0.3) is 0 Å². The summed E-state index contributed by atoms with van der Waals surface area (Å²) in [4.78, 5) is 15.2. The monoisotopic (exact) mass is 401 g/mol. The van der Waals surface area contributed by atoms with Crippen LogP contribution in [0, 0.1) is 0 Å². The van der Waals surface area contributed by atoms with Crippen molar-refractivity contribution in [2.45, 2.75) is 26.3 Å². The molecule has 3 rings (SSSR count). The van der Waals surface area contributed by atoms with Gasteiger partial charge in [-0.3, -0.25) is 14.0 Å². The third-order valence-electron chi connectivity index (χ3n) is 5.06. The van der Waals surface area contributed by atoms with Crippen molar-refractivity contribution >= 4 is 27.3 Å². The van der Waals surface area contributed by atoms with Crippen LogP contribution in [0.1, 0.15) is 31.9 Å². The van der Waals surface area contributed by atoms with Crippen LogP contribution < -0.4 is 9.62 Å². The maximum atomic E-state index is 13.1. The lowest BCUT2D eigenvalue weighted by molar-refractivity contribution is -0.121. The molecule has 1 fully saturated rings. The van der Waals surface area contributed by atoms with Crippen LogP contribution in [0.15, 0.2) is 54.6 Å². The summed E-state index contributed by atoms with van der Waals surface area (Å²) in [5.41, 5.74) is 2.24. The van der Waals surface area contributed by atoms with Gasteiger partial charge in [0.1, 0.15) is 6.04 Å². The van der Waals surface area contributed by atoms with Gasteiger partial charge in [0.05, 0.1) is 11.4 Å². The van der Waals surface area contributed by atoms with Gasteiger partial charge in [0.25, 0.3) is 0 Å². The third kappa shape index (κ3) is 4.36. The van der Waals surface area contributed by atoms with Crippen molar-refractivity contribution in [2.24, 2.45) is 0 Å². The van der Waals surface area contributed by atoms with Crippen LogP contribution >= 0.6 is 0 Å². The maximum absolute atomic E-state index is 13.1. The molecule has 1 aliphatic heterocycles. The summed E-state index contributed by atoms with van der Waals surface area (Å²) in [5.74, 6) is 0.0881. The Morgan fingerprint density at radius 1 is 1.07 bits per heavy atom. The van der Waals surface area contributed by atoms with E-state index in [1.807, 2.05) is 44.2 Å². The van der Waals surface area contributed by atoms with Gasteiger partial charge in [0.2, 0.25) is 15.9 Å². The van der Waals surface area contributed by atoms with Crippen LogP contribution in [-0.4, -0.2) is 44.6 Å². The van der Waals surface area contributed by atoms with E-state index in [9.17, 15) is 13.2 Å². The predicted octanol–water partition coefficient (Wildman–Crippen LogP) is 3.25. The molecule has 7 heteroatoms. The van der Waals surface area contributed by atoms with Crippen LogP contribution in [0.5, 0.6) is 0 Å². The molecule has 1 aliphatic rings. The number of benzene rings is 2. The van der Waals surface area contributed by atoms with E-state index in [1.165, 1.54) is 4.31 Å². The highest BCUT2D eigenvalue weighted by atomic mass is 32.2. The van der Waals surface area contributed by atoms with Gasteiger partial charge in [-0.05, 0) is 49.3 Å². The second kappa shape index (κ2) is 8.75. The van der Waals surface area contributed by atoms with Crippen molar-refractivity contribution in [2.75, 3.05) is 35.0 Å². The largest absolute Gasteiger partial charge is 0.324 e. The molecule has 28 heavy (non-hydrogen) atoms. The van der Waals surface area contributed by atoms with Crippen LogP contribution in [-0.2, 0) is 14.8 Å². The van der Waals surface area contributed by atoms with Gasteiger partial charge in [-0.1, -0.05) is 44.2 Å². The van der Waals surface area contributed by atoms with Gasteiger partial charge < -0.3 is 5.32 Å². The number of hydrogen-bond donors (Lipinski definition) is 1. The molecule has 0 aromatic heterocycles. The molecule has 1 heterocycles. The Morgan fingerprint density at radius 3 is 2.25 bits per heavy atom. The minimum absolute atomic E-state index is 0.101. The van der Waals surface area contributed by atoms with E-state index in [1.54, 1.807) is 24.3 Å². The Balaban J connectivity index is 1.78. The van der Waals surface area contributed by atoms with E-state index in [0.29, 0.717) is 24.3 Å². The molecule has 6 nitrogen and oxygen atoms in total. The summed E-state index contributed by atoms with van der Waals surface area (Å²) in [7, 11) is -3.20. The number of anilines is 2. The molecule has 150 valence electrons. The summed E-state index contributed by atoms with van der Waals surface area (Å²) < 4.78 is 25.6. The quantitative estimate of drug-likeness (QED) is 0.773. The summed E-state index contributed by atoms with van der Waals surface area (Å²) in [6, 6.07) is 16.3. The lowest BCUT2D eigenvalue weighted by Crippen LogP contribution is -2.37. The number of hydrogen-bond acceptors (Lipinski definition) is 4. The van der Waals surface area contributed by atoms with Gasteiger partial charge in [-0.15, -0.1) is 0 Å². The van der Waals surface area contributed by atoms with Crippen LogP contribution in [0.4, 0.5) is 11.4 Å². The normalized spacial score (nSPS) is 16.9. The van der Waals surface area contributed by atoms with Crippen LogP contribution in [0.3, 0.4) is 0 Å². The number of likely N-dealkylation sites (N-methyl/N-ethyl adjacent to an activating group) is 1. The molecule has 0 spiro atoms. The molecule has 1 saturated heterocycles. The molecule has 0 radical (unpaired) electrons. The Hall–Kier alpha value is -2.38. The van der Waals surface area contributed by atoms with Gasteiger partial charge in [0.15, 0.2) is 0 Å². The van der Waals surface area contributed by atoms with Crippen molar-refractivity contribution in [3.8, 4) is 0 Å². The minimum atomic E-state index is -3.20. The van der Waals surface area contributed by atoms with Crippen molar-refractivity contribution in [3.05, 3.63) is 60.2 Å². The first-order chi connectivity index (χ1) is 13.5. The second-order valence-electron chi connectivity index (χ2n) is 6.81. The number of nitrogens with one attached hydrogen (secondary N) is 1. The first-order valence-electron chi connectivity index (χ1n) is 9.66. The summed E-state index contributed by atoms with van der Waals surface area (Å²) in [6.45, 7) is 6.10.